The van der Waals surface area contributed by atoms with Crippen molar-refractivity contribution in [2.75, 3.05) is 11.5 Å². The van der Waals surface area contributed by atoms with E-state index in [2.05, 4.69) is 15.9 Å². The third-order valence-corrected chi connectivity index (χ3v) is 6.21. The summed E-state index contributed by atoms with van der Waals surface area (Å²) >= 11 is 9.58. The van der Waals surface area contributed by atoms with Gasteiger partial charge in [0.05, 0.1) is 23.6 Å². The Hall–Kier alpha value is -3.09. The molecular weight excluding hydrogens is 494 g/mol. The molecule has 4 aromatic rings. The number of nitrogens with zero attached hydrogens (tertiary/aromatic N) is 1. The number of amides is 1. The maximum absolute atomic E-state index is 13.6. The average Bonchev–Trinajstić information content (AvgIpc) is 3.08. The van der Waals surface area contributed by atoms with E-state index in [-0.39, 0.29) is 17.1 Å². The smallest absolute Gasteiger partial charge is 0.295 e. The number of hydrogen-bond donors (Lipinski definition) is 0. The normalized spacial score (nSPS) is 15.3. The molecule has 0 saturated carbocycles. The number of rotatable bonds is 4. The van der Waals surface area contributed by atoms with E-state index in [1.807, 2.05) is 43.3 Å². The van der Waals surface area contributed by atoms with Crippen LogP contribution in [-0.4, -0.2) is 12.5 Å². The number of anilines is 1. The van der Waals surface area contributed by atoms with Crippen molar-refractivity contribution in [3.05, 3.63) is 103 Å². The summed E-state index contributed by atoms with van der Waals surface area (Å²) in [5.41, 5.74) is 1.80. The van der Waals surface area contributed by atoms with Gasteiger partial charge in [-0.3, -0.25) is 14.5 Å². The van der Waals surface area contributed by atoms with E-state index < -0.39 is 6.04 Å². The Balaban J connectivity index is 1.75. The van der Waals surface area contributed by atoms with Crippen molar-refractivity contribution in [1.82, 2.24) is 0 Å². The van der Waals surface area contributed by atoms with Crippen molar-refractivity contribution in [3.63, 3.8) is 0 Å². The van der Waals surface area contributed by atoms with E-state index in [0.29, 0.717) is 39.6 Å². The lowest BCUT2D eigenvalue weighted by atomic mass is 9.98. The van der Waals surface area contributed by atoms with Crippen LogP contribution in [0.4, 0.5) is 5.69 Å². The maximum atomic E-state index is 13.6. The molecule has 1 amide bonds. The minimum Gasteiger partial charge on any atom is -0.494 e. The van der Waals surface area contributed by atoms with Gasteiger partial charge in [0, 0.05) is 15.2 Å². The fourth-order valence-corrected chi connectivity index (χ4v) is 4.48. The summed E-state index contributed by atoms with van der Waals surface area (Å²) in [7, 11) is 0. The molecule has 0 saturated heterocycles. The molecule has 0 bridgehead atoms. The molecule has 1 unspecified atom stereocenters. The number of halogens is 2. The van der Waals surface area contributed by atoms with Gasteiger partial charge in [-0.15, -0.1) is 0 Å². The summed E-state index contributed by atoms with van der Waals surface area (Å²) < 4.78 is 12.4. The molecule has 7 heteroatoms. The summed E-state index contributed by atoms with van der Waals surface area (Å²) in [4.78, 5) is 28.7. The number of hydrogen-bond acceptors (Lipinski definition) is 4. The SMILES string of the molecule is CCOc1ccc(N2C(=O)c3oc4ccc(Cl)cc4c(=O)c3C2c2ccc(Br)cc2)cc1. The lowest BCUT2D eigenvalue weighted by molar-refractivity contribution is 0.0971. The minimum atomic E-state index is -0.636. The van der Waals surface area contributed by atoms with Gasteiger partial charge in [0.15, 0.2) is 5.43 Å². The van der Waals surface area contributed by atoms with E-state index in [9.17, 15) is 9.59 Å². The molecule has 0 aliphatic carbocycles. The molecule has 1 atom stereocenters. The van der Waals surface area contributed by atoms with Crippen LogP contribution in [0, 0.1) is 0 Å². The number of fused-ring (bicyclic) bond motifs is 2. The van der Waals surface area contributed by atoms with Crippen molar-refractivity contribution in [3.8, 4) is 5.75 Å². The van der Waals surface area contributed by atoms with Crippen LogP contribution >= 0.6 is 27.5 Å². The molecule has 160 valence electrons. The number of ether oxygens (including phenoxy) is 1. The highest BCUT2D eigenvalue weighted by molar-refractivity contribution is 9.10. The first kappa shape index (κ1) is 20.8. The first-order chi connectivity index (χ1) is 15.5. The number of benzene rings is 3. The topological polar surface area (TPSA) is 59.8 Å². The summed E-state index contributed by atoms with van der Waals surface area (Å²) in [6.07, 6.45) is 0. The van der Waals surface area contributed by atoms with E-state index in [0.717, 1.165) is 10.0 Å². The highest BCUT2D eigenvalue weighted by Gasteiger charge is 2.43. The fraction of sp³-hybridized carbons (Fsp3) is 0.120. The third kappa shape index (κ3) is 3.40. The highest BCUT2D eigenvalue weighted by Crippen LogP contribution is 2.42. The largest absolute Gasteiger partial charge is 0.494 e. The van der Waals surface area contributed by atoms with Gasteiger partial charge in [-0.25, -0.2) is 0 Å². The summed E-state index contributed by atoms with van der Waals surface area (Å²) in [6.45, 7) is 2.45. The van der Waals surface area contributed by atoms with Crippen molar-refractivity contribution in [2.45, 2.75) is 13.0 Å². The zero-order chi connectivity index (χ0) is 22.4. The standard InChI is InChI=1S/C25H17BrClNO4/c1-2-31-18-10-8-17(9-11-18)28-22(14-3-5-15(26)6-4-14)21-23(29)19-13-16(27)7-12-20(19)32-24(21)25(28)30/h3-13,22H,2H2,1H3. The van der Waals surface area contributed by atoms with Crippen molar-refractivity contribution in [2.24, 2.45) is 0 Å². The predicted molar refractivity (Wildman–Crippen MR) is 128 cm³/mol. The second kappa shape index (κ2) is 8.11. The Kier molecular flexibility index (Phi) is 5.27. The molecular formula is C25H17BrClNO4. The zero-order valence-electron chi connectivity index (χ0n) is 17.0. The van der Waals surface area contributed by atoms with Crippen LogP contribution in [0.15, 0.2) is 80.4 Å². The molecule has 0 radical (unpaired) electrons. The van der Waals surface area contributed by atoms with E-state index >= 15 is 0 Å². The van der Waals surface area contributed by atoms with Gasteiger partial charge in [0.25, 0.3) is 5.91 Å². The Bertz CT molecular complexity index is 1400. The molecule has 32 heavy (non-hydrogen) atoms. The molecule has 1 aromatic heterocycles. The molecule has 0 N–H and O–H groups in total. The van der Waals surface area contributed by atoms with Gasteiger partial charge in [0.1, 0.15) is 11.3 Å². The van der Waals surface area contributed by atoms with Gasteiger partial charge in [-0.05, 0) is 67.1 Å². The Morgan fingerprint density at radius 2 is 1.75 bits per heavy atom. The van der Waals surface area contributed by atoms with Crippen LogP contribution in [0.2, 0.25) is 5.02 Å². The van der Waals surface area contributed by atoms with Crippen molar-refractivity contribution >= 4 is 50.1 Å². The van der Waals surface area contributed by atoms with Gasteiger partial charge < -0.3 is 9.15 Å². The Morgan fingerprint density at radius 1 is 1.03 bits per heavy atom. The minimum absolute atomic E-state index is 0.0478. The highest BCUT2D eigenvalue weighted by atomic mass is 79.9. The second-order valence-electron chi connectivity index (χ2n) is 7.37. The van der Waals surface area contributed by atoms with E-state index in [1.165, 1.54) is 0 Å². The molecule has 5 rings (SSSR count). The Labute approximate surface area is 197 Å². The van der Waals surface area contributed by atoms with Crippen LogP contribution in [0.25, 0.3) is 11.0 Å². The summed E-state index contributed by atoms with van der Waals surface area (Å²) in [5, 5.41) is 0.775. The molecule has 0 spiro atoms. The third-order valence-electron chi connectivity index (χ3n) is 5.44. The van der Waals surface area contributed by atoms with Gasteiger partial charge in [-0.2, -0.15) is 0 Å². The summed E-state index contributed by atoms with van der Waals surface area (Å²) in [5.74, 6) is 0.382. The maximum Gasteiger partial charge on any atom is 0.295 e. The lowest BCUT2D eigenvalue weighted by Gasteiger charge is -2.25. The van der Waals surface area contributed by atoms with Gasteiger partial charge >= 0.3 is 0 Å². The second-order valence-corrected chi connectivity index (χ2v) is 8.72. The van der Waals surface area contributed by atoms with E-state index in [1.54, 1.807) is 35.2 Å². The molecule has 1 aliphatic rings. The van der Waals surface area contributed by atoms with Crippen LogP contribution in [0.1, 0.15) is 34.6 Å². The predicted octanol–water partition coefficient (Wildman–Crippen LogP) is 6.36. The average molecular weight is 511 g/mol. The first-order valence-corrected chi connectivity index (χ1v) is 11.2. The molecule has 0 fully saturated rings. The molecule has 1 aliphatic heterocycles. The quantitative estimate of drug-likeness (QED) is 0.321. The van der Waals surface area contributed by atoms with Gasteiger partial charge in [0.2, 0.25) is 5.76 Å². The van der Waals surface area contributed by atoms with Crippen LogP contribution in [0.3, 0.4) is 0 Å². The van der Waals surface area contributed by atoms with Gasteiger partial charge in [-0.1, -0.05) is 39.7 Å². The Morgan fingerprint density at radius 3 is 2.44 bits per heavy atom. The monoisotopic (exact) mass is 509 g/mol. The zero-order valence-corrected chi connectivity index (χ0v) is 19.3. The molecule has 3 aromatic carbocycles. The molecule has 5 nitrogen and oxygen atoms in total. The summed E-state index contributed by atoms with van der Waals surface area (Å²) in [6, 6.07) is 19.0. The number of carbonyl (C=O) groups excluding carboxylic acids is 1. The van der Waals surface area contributed by atoms with Crippen LogP contribution in [0.5, 0.6) is 5.75 Å². The fourth-order valence-electron chi connectivity index (χ4n) is 4.04. The van der Waals surface area contributed by atoms with Crippen LogP contribution < -0.4 is 15.1 Å². The number of carbonyl (C=O) groups is 1. The molecule has 2 heterocycles. The van der Waals surface area contributed by atoms with Crippen molar-refractivity contribution in [1.29, 1.82) is 0 Å². The lowest BCUT2D eigenvalue weighted by Crippen LogP contribution is -2.29. The van der Waals surface area contributed by atoms with E-state index in [4.69, 9.17) is 20.8 Å². The first-order valence-electron chi connectivity index (χ1n) is 10.1. The van der Waals surface area contributed by atoms with Crippen LogP contribution in [-0.2, 0) is 0 Å². The van der Waals surface area contributed by atoms with Crippen molar-refractivity contribution < 1.29 is 13.9 Å².